The average molecular weight is 397 g/mol. The predicted octanol–water partition coefficient (Wildman–Crippen LogP) is 1.26. The van der Waals surface area contributed by atoms with Crippen LogP contribution in [-0.2, 0) is 16.1 Å². The summed E-state index contributed by atoms with van der Waals surface area (Å²) in [5.74, 6) is 0.475. The molecule has 2 atom stereocenters. The molecule has 2 N–H and O–H groups in total. The molecule has 1 heterocycles. The van der Waals surface area contributed by atoms with E-state index in [2.05, 4.69) is 29.6 Å². The molecule has 0 aliphatic carbocycles. The summed E-state index contributed by atoms with van der Waals surface area (Å²) in [5, 5.41) is 2.89. The molecule has 6 heteroatoms. The summed E-state index contributed by atoms with van der Waals surface area (Å²) >= 11 is 0. The van der Waals surface area contributed by atoms with Gasteiger partial charge in [0.25, 0.3) is 5.91 Å². The van der Waals surface area contributed by atoms with Crippen LogP contribution >= 0.6 is 0 Å². The van der Waals surface area contributed by atoms with Crippen LogP contribution in [0.15, 0.2) is 54.6 Å². The van der Waals surface area contributed by atoms with Crippen molar-refractivity contribution >= 4 is 11.7 Å². The zero-order valence-corrected chi connectivity index (χ0v) is 16.9. The Morgan fingerprint density at radius 1 is 1.14 bits per heavy atom. The van der Waals surface area contributed by atoms with Crippen molar-refractivity contribution < 1.29 is 24.0 Å². The van der Waals surface area contributed by atoms with Gasteiger partial charge in [0.15, 0.2) is 12.4 Å². The van der Waals surface area contributed by atoms with E-state index >= 15 is 0 Å². The molecule has 154 valence electrons. The van der Waals surface area contributed by atoms with Crippen LogP contribution in [0.1, 0.15) is 29.3 Å². The number of Topliss-reactive ketones (excluding diaryl/α,β-unsaturated/α-hetero) is 1. The molecule has 1 unspecified atom stereocenters. The van der Waals surface area contributed by atoms with Crippen molar-refractivity contribution in [2.24, 2.45) is 0 Å². The molecular weight excluding hydrogens is 368 g/mol. The van der Waals surface area contributed by atoms with Crippen LogP contribution in [0.5, 0.6) is 5.75 Å². The number of rotatable bonds is 9. The van der Waals surface area contributed by atoms with E-state index in [1.165, 1.54) is 10.5 Å². The summed E-state index contributed by atoms with van der Waals surface area (Å²) in [7, 11) is 0. The number of hydrogen-bond donors (Lipinski definition) is 2. The van der Waals surface area contributed by atoms with E-state index in [1.54, 1.807) is 24.3 Å². The largest absolute Gasteiger partial charge is 0.484 e. The molecule has 0 bridgehead atoms. The van der Waals surface area contributed by atoms with Gasteiger partial charge in [-0.05, 0) is 24.3 Å². The van der Waals surface area contributed by atoms with Gasteiger partial charge in [0, 0.05) is 24.1 Å². The Morgan fingerprint density at radius 3 is 2.62 bits per heavy atom. The summed E-state index contributed by atoms with van der Waals surface area (Å²) in [5.41, 5.74) is 1.97. The molecule has 1 saturated heterocycles. The molecular formula is C23H29N2O4+. The standard InChI is InChI=1S/C23H28N2O4/c1-2-22(26)19-8-10-20(11-9-19)29-17-23(27)24-14-21-16-25(12-13-28-21)15-18-6-4-3-5-7-18/h3-11,21H,2,12-17H2,1H3,(H,24,27)/p+1/t21-/m0/s1. The summed E-state index contributed by atoms with van der Waals surface area (Å²) in [6.07, 6.45) is 0.474. The molecule has 0 aromatic heterocycles. The lowest BCUT2D eigenvalue weighted by molar-refractivity contribution is -0.925. The topological polar surface area (TPSA) is 69.1 Å². The Balaban J connectivity index is 1.38. The second-order valence-electron chi connectivity index (χ2n) is 7.25. The van der Waals surface area contributed by atoms with Crippen molar-refractivity contribution in [2.75, 3.05) is 32.8 Å². The van der Waals surface area contributed by atoms with Crippen LogP contribution < -0.4 is 15.0 Å². The highest BCUT2D eigenvalue weighted by molar-refractivity contribution is 5.95. The molecule has 0 spiro atoms. The third kappa shape index (κ3) is 6.69. The van der Waals surface area contributed by atoms with Crippen LogP contribution in [0.4, 0.5) is 0 Å². The first-order chi connectivity index (χ1) is 14.1. The fourth-order valence-electron chi connectivity index (χ4n) is 3.40. The highest BCUT2D eigenvalue weighted by atomic mass is 16.5. The first-order valence-electron chi connectivity index (χ1n) is 10.2. The first-order valence-corrected chi connectivity index (χ1v) is 10.2. The van der Waals surface area contributed by atoms with Crippen LogP contribution in [0.2, 0.25) is 0 Å². The second-order valence-corrected chi connectivity index (χ2v) is 7.25. The molecule has 29 heavy (non-hydrogen) atoms. The zero-order chi connectivity index (χ0) is 20.5. The highest BCUT2D eigenvalue weighted by Crippen LogP contribution is 2.13. The van der Waals surface area contributed by atoms with E-state index < -0.39 is 0 Å². The molecule has 0 radical (unpaired) electrons. The lowest BCUT2D eigenvalue weighted by atomic mass is 10.1. The maximum Gasteiger partial charge on any atom is 0.258 e. The third-order valence-electron chi connectivity index (χ3n) is 5.02. The van der Waals surface area contributed by atoms with Crippen molar-refractivity contribution in [1.82, 2.24) is 5.32 Å². The van der Waals surface area contributed by atoms with Crippen LogP contribution in [0.3, 0.4) is 0 Å². The fraction of sp³-hybridized carbons (Fsp3) is 0.391. The Kier molecular flexibility index (Phi) is 7.78. The predicted molar refractivity (Wildman–Crippen MR) is 110 cm³/mol. The van der Waals surface area contributed by atoms with E-state index in [-0.39, 0.29) is 24.4 Å². The molecule has 1 fully saturated rings. The molecule has 3 rings (SSSR count). The Morgan fingerprint density at radius 2 is 1.90 bits per heavy atom. The molecule has 2 aromatic rings. The molecule has 1 aliphatic heterocycles. The summed E-state index contributed by atoms with van der Waals surface area (Å²) in [4.78, 5) is 25.2. The van der Waals surface area contributed by atoms with E-state index in [1.807, 2.05) is 13.0 Å². The van der Waals surface area contributed by atoms with Gasteiger partial charge in [0.1, 0.15) is 31.5 Å². The lowest BCUT2D eigenvalue weighted by Crippen LogP contribution is -3.13. The van der Waals surface area contributed by atoms with E-state index in [4.69, 9.17) is 9.47 Å². The van der Waals surface area contributed by atoms with Crippen molar-refractivity contribution in [3.8, 4) is 5.75 Å². The number of carbonyl (C=O) groups excluding carboxylic acids is 2. The SMILES string of the molecule is CCC(=O)c1ccc(OCC(=O)NC[C@H]2C[NH+](Cc3ccccc3)CCO2)cc1. The maximum absolute atomic E-state index is 12.1. The number of carbonyl (C=O) groups is 2. The number of benzene rings is 2. The smallest absolute Gasteiger partial charge is 0.258 e. The Hall–Kier alpha value is -2.70. The first kappa shape index (κ1) is 21.0. The highest BCUT2D eigenvalue weighted by Gasteiger charge is 2.24. The number of quaternary nitrogens is 1. The van der Waals surface area contributed by atoms with Gasteiger partial charge in [-0.15, -0.1) is 0 Å². The van der Waals surface area contributed by atoms with Gasteiger partial charge < -0.3 is 19.7 Å². The van der Waals surface area contributed by atoms with Gasteiger partial charge in [-0.1, -0.05) is 37.3 Å². The Bertz CT molecular complexity index is 792. The van der Waals surface area contributed by atoms with Gasteiger partial charge in [-0.3, -0.25) is 9.59 Å². The third-order valence-corrected chi connectivity index (χ3v) is 5.02. The monoisotopic (exact) mass is 397 g/mol. The van der Waals surface area contributed by atoms with Crippen LogP contribution in [0, 0.1) is 0 Å². The van der Waals surface area contributed by atoms with Crippen molar-refractivity contribution in [1.29, 1.82) is 0 Å². The lowest BCUT2D eigenvalue weighted by Gasteiger charge is -2.30. The van der Waals surface area contributed by atoms with Crippen molar-refractivity contribution in [3.05, 3.63) is 65.7 Å². The number of nitrogens with one attached hydrogen (secondary N) is 2. The van der Waals surface area contributed by atoms with E-state index in [9.17, 15) is 9.59 Å². The maximum atomic E-state index is 12.1. The molecule has 1 aliphatic rings. The second kappa shape index (κ2) is 10.7. The van der Waals surface area contributed by atoms with Crippen LogP contribution in [0.25, 0.3) is 0 Å². The number of amides is 1. The molecule has 1 amide bonds. The fourth-order valence-corrected chi connectivity index (χ4v) is 3.40. The van der Waals surface area contributed by atoms with Gasteiger partial charge >= 0.3 is 0 Å². The number of hydrogen-bond acceptors (Lipinski definition) is 4. The van der Waals surface area contributed by atoms with E-state index in [0.29, 0.717) is 30.9 Å². The van der Waals surface area contributed by atoms with Crippen molar-refractivity contribution in [2.45, 2.75) is 26.0 Å². The van der Waals surface area contributed by atoms with Gasteiger partial charge in [-0.25, -0.2) is 0 Å². The summed E-state index contributed by atoms with van der Waals surface area (Å²) in [6, 6.07) is 17.3. The quantitative estimate of drug-likeness (QED) is 0.625. The Labute approximate surface area is 171 Å². The number of ether oxygens (including phenoxy) is 2. The number of ketones is 1. The van der Waals surface area contributed by atoms with E-state index in [0.717, 1.165) is 19.6 Å². The van der Waals surface area contributed by atoms with Gasteiger partial charge in [0.2, 0.25) is 0 Å². The zero-order valence-electron chi connectivity index (χ0n) is 16.9. The minimum atomic E-state index is -0.183. The minimum absolute atomic E-state index is 0.00533. The van der Waals surface area contributed by atoms with Gasteiger partial charge in [0.05, 0.1) is 6.61 Å². The van der Waals surface area contributed by atoms with Crippen LogP contribution in [-0.4, -0.2) is 50.6 Å². The normalized spacial score (nSPS) is 18.8. The summed E-state index contributed by atoms with van der Waals surface area (Å²) < 4.78 is 11.3. The van der Waals surface area contributed by atoms with Gasteiger partial charge in [-0.2, -0.15) is 0 Å². The summed E-state index contributed by atoms with van der Waals surface area (Å²) in [6.45, 7) is 5.74. The molecule has 6 nitrogen and oxygen atoms in total. The molecule has 2 aromatic carbocycles. The minimum Gasteiger partial charge on any atom is -0.484 e. The molecule has 0 saturated carbocycles. The average Bonchev–Trinajstić information content (AvgIpc) is 2.77. The number of morpholine rings is 1. The van der Waals surface area contributed by atoms with Crippen molar-refractivity contribution in [3.63, 3.8) is 0 Å².